The first-order chi connectivity index (χ1) is 13.6. The van der Waals surface area contributed by atoms with Gasteiger partial charge in [-0.15, -0.1) is 5.10 Å². The summed E-state index contributed by atoms with van der Waals surface area (Å²) in [7, 11) is 0. The van der Waals surface area contributed by atoms with E-state index in [2.05, 4.69) is 16.0 Å². The van der Waals surface area contributed by atoms with Gasteiger partial charge in [0.25, 0.3) is 11.3 Å². The maximum atomic E-state index is 13.2. The summed E-state index contributed by atoms with van der Waals surface area (Å²) in [6.45, 7) is 4.08. The molecule has 0 bridgehead atoms. The summed E-state index contributed by atoms with van der Waals surface area (Å²) in [6.07, 6.45) is 9.47. The van der Waals surface area contributed by atoms with Crippen molar-refractivity contribution in [3.8, 4) is 5.69 Å². The van der Waals surface area contributed by atoms with Crippen molar-refractivity contribution in [2.45, 2.75) is 51.9 Å². The van der Waals surface area contributed by atoms with E-state index in [1.54, 1.807) is 15.3 Å². The molecule has 0 atom stereocenters. The minimum atomic E-state index is -0.0911. The quantitative estimate of drug-likeness (QED) is 0.531. The molecule has 0 unspecified atom stereocenters. The van der Waals surface area contributed by atoms with Crippen LogP contribution in [0.15, 0.2) is 41.5 Å². The number of hydrogen-bond donors (Lipinski definition) is 0. The van der Waals surface area contributed by atoms with Crippen LogP contribution in [0.1, 0.15) is 55.0 Å². The first-order valence-corrected chi connectivity index (χ1v) is 9.96. The summed E-state index contributed by atoms with van der Waals surface area (Å²) < 4.78 is 3.40. The van der Waals surface area contributed by atoms with E-state index in [9.17, 15) is 4.79 Å². The molecular weight excluding hydrogens is 350 g/mol. The molecule has 1 aromatic carbocycles. The molecule has 6 heteroatoms. The molecule has 1 fully saturated rings. The first kappa shape index (κ1) is 17.1. The number of benzene rings is 1. The summed E-state index contributed by atoms with van der Waals surface area (Å²) in [6, 6.07) is 8.07. The van der Waals surface area contributed by atoms with Crippen molar-refractivity contribution in [1.29, 1.82) is 0 Å². The van der Waals surface area contributed by atoms with Crippen LogP contribution in [-0.2, 0) is 0 Å². The van der Waals surface area contributed by atoms with Crippen LogP contribution < -0.4 is 5.56 Å². The van der Waals surface area contributed by atoms with E-state index < -0.39 is 0 Å². The predicted octanol–water partition coefficient (Wildman–Crippen LogP) is 4.09. The zero-order valence-electron chi connectivity index (χ0n) is 16.2. The number of aromatic nitrogens is 5. The Labute approximate surface area is 162 Å². The number of fused-ring (bicyclic) bond motifs is 3. The molecule has 3 heterocycles. The van der Waals surface area contributed by atoms with Crippen molar-refractivity contribution < 1.29 is 0 Å². The molecule has 0 saturated heterocycles. The van der Waals surface area contributed by atoms with Crippen LogP contribution >= 0.6 is 0 Å². The fourth-order valence-corrected chi connectivity index (χ4v) is 4.36. The SMILES string of the molecule is Cc1cc(C)cc(-n2ccc3c(cnc4nc(C5CCCCC5)nn43)c2=O)c1. The van der Waals surface area contributed by atoms with Crippen LogP contribution in [-0.4, -0.2) is 24.1 Å². The molecule has 6 nitrogen and oxygen atoms in total. The average Bonchev–Trinajstić information content (AvgIpc) is 3.13. The van der Waals surface area contributed by atoms with E-state index in [1.165, 1.54) is 19.3 Å². The zero-order chi connectivity index (χ0) is 19.3. The van der Waals surface area contributed by atoms with Crippen molar-refractivity contribution in [3.63, 3.8) is 0 Å². The van der Waals surface area contributed by atoms with Gasteiger partial charge in [-0.2, -0.15) is 9.50 Å². The van der Waals surface area contributed by atoms with Crippen LogP contribution in [0.25, 0.3) is 22.4 Å². The van der Waals surface area contributed by atoms with E-state index >= 15 is 0 Å². The summed E-state index contributed by atoms with van der Waals surface area (Å²) in [4.78, 5) is 22.2. The monoisotopic (exact) mass is 373 g/mol. The van der Waals surface area contributed by atoms with Gasteiger partial charge in [-0.3, -0.25) is 9.36 Å². The fraction of sp³-hybridized carbons (Fsp3) is 0.364. The van der Waals surface area contributed by atoms with Crippen molar-refractivity contribution in [2.75, 3.05) is 0 Å². The maximum absolute atomic E-state index is 13.2. The van der Waals surface area contributed by atoms with Gasteiger partial charge in [0.1, 0.15) is 0 Å². The Kier molecular flexibility index (Phi) is 4.00. The Morgan fingerprint density at radius 1 is 1.04 bits per heavy atom. The van der Waals surface area contributed by atoms with Gasteiger partial charge in [0.2, 0.25) is 0 Å². The second-order valence-electron chi connectivity index (χ2n) is 7.91. The number of aryl methyl sites for hydroxylation is 2. The van der Waals surface area contributed by atoms with Gasteiger partial charge in [-0.1, -0.05) is 25.3 Å². The summed E-state index contributed by atoms with van der Waals surface area (Å²) in [5.74, 6) is 1.83. The summed E-state index contributed by atoms with van der Waals surface area (Å²) >= 11 is 0. The van der Waals surface area contributed by atoms with Crippen molar-refractivity contribution in [1.82, 2.24) is 24.1 Å². The highest BCUT2D eigenvalue weighted by atomic mass is 16.1. The molecule has 5 rings (SSSR count). The zero-order valence-corrected chi connectivity index (χ0v) is 16.2. The molecule has 28 heavy (non-hydrogen) atoms. The lowest BCUT2D eigenvalue weighted by Crippen LogP contribution is -2.19. The van der Waals surface area contributed by atoms with E-state index in [-0.39, 0.29) is 5.56 Å². The molecule has 1 saturated carbocycles. The molecule has 4 aromatic rings. The minimum Gasteiger partial charge on any atom is -0.284 e. The first-order valence-electron chi connectivity index (χ1n) is 9.96. The van der Waals surface area contributed by atoms with Crippen LogP contribution in [0, 0.1) is 13.8 Å². The molecule has 0 aliphatic heterocycles. The Balaban J connectivity index is 1.67. The lowest BCUT2D eigenvalue weighted by atomic mass is 9.89. The highest BCUT2D eigenvalue weighted by Crippen LogP contribution is 2.31. The van der Waals surface area contributed by atoms with Crippen molar-refractivity contribution in [2.24, 2.45) is 0 Å². The number of pyridine rings is 1. The van der Waals surface area contributed by atoms with Crippen LogP contribution in [0.3, 0.4) is 0 Å². The van der Waals surface area contributed by atoms with Gasteiger partial charge in [-0.05, 0) is 56.0 Å². The van der Waals surface area contributed by atoms with Gasteiger partial charge >= 0.3 is 0 Å². The van der Waals surface area contributed by atoms with Crippen LogP contribution in [0.4, 0.5) is 0 Å². The Bertz CT molecular complexity index is 1230. The van der Waals surface area contributed by atoms with Gasteiger partial charge in [-0.25, -0.2) is 4.98 Å². The fourth-order valence-electron chi connectivity index (χ4n) is 4.36. The van der Waals surface area contributed by atoms with Gasteiger partial charge in [0, 0.05) is 24.0 Å². The lowest BCUT2D eigenvalue weighted by molar-refractivity contribution is 0.429. The van der Waals surface area contributed by atoms with E-state index in [0.29, 0.717) is 17.1 Å². The molecule has 142 valence electrons. The second kappa shape index (κ2) is 6.55. The Hall–Kier alpha value is -3.02. The smallest absolute Gasteiger partial charge is 0.266 e. The lowest BCUT2D eigenvalue weighted by Gasteiger charge is -2.17. The molecule has 1 aliphatic rings. The normalized spacial score (nSPS) is 15.5. The van der Waals surface area contributed by atoms with Crippen LogP contribution in [0.2, 0.25) is 0 Å². The van der Waals surface area contributed by atoms with Gasteiger partial charge < -0.3 is 0 Å². The summed E-state index contributed by atoms with van der Waals surface area (Å²) in [5.41, 5.74) is 3.79. The Morgan fingerprint density at radius 3 is 2.54 bits per heavy atom. The predicted molar refractivity (Wildman–Crippen MR) is 109 cm³/mol. The summed E-state index contributed by atoms with van der Waals surface area (Å²) in [5, 5.41) is 5.28. The van der Waals surface area contributed by atoms with Crippen molar-refractivity contribution in [3.05, 3.63) is 64.0 Å². The third-order valence-corrected chi connectivity index (χ3v) is 5.71. The maximum Gasteiger partial charge on any atom is 0.266 e. The molecule has 3 aromatic heterocycles. The third-order valence-electron chi connectivity index (χ3n) is 5.71. The molecule has 0 N–H and O–H groups in total. The highest BCUT2D eigenvalue weighted by molar-refractivity contribution is 5.79. The average molecular weight is 373 g/mol. The highest BCUT2D eigenvalue weighted by Gasteiger charge is 2.21. The van der Waals surface area contributed by atoms with E-state index in [0.717, 1.165) is 41.0 Å². The van der Waals surface area contributed by atoms with E-state index in [1.807, 2.05) is 38.2 Å². The Morgan fingerprint density at radius 2 is 1.79 bits per heavy atom. The standard InChI is InChI=1S/C22H23N5O/c1-14-10-15(2)12-17(11-14)26-9-8-19-18(21(26)28)13-23-22-24-20(25-27(19)22)16-6-4-3-5-7-16/h8-13,16H,3-7H2,1-2H3. The minimum absolute atomic E-state index is 0.0911. The molecule has 0 radical (unpaired) electrons. The van der Waals surface area contributed by atoms with Crippen LogP contribution in [0.5, 0.6) is 0 Å². The molecule has 0 spiro atoms. The number of nitrogens with zero attached hydrogens (tertiary/aromatic N) is 5. The second-order valence-corrected chi connectivity index (χ2v) is 7.91. The molecule has 1 aliphatic carbocycles. The molecular formula is C22H23N5O. The third kappa shape index (κ3) is 2.80. The van der Waals surface area contributed by atoms with Crippen molar-refractivity contribution >= 4 is 16.7 Å². The largest absolute Gasteiger partial charge is 0.284 e. The van der Waals surface area contributed by atoms with E-state index in [4.69, 9.17) is 5.10 Å². The number of rotatable bonds is 2. The van der Waals surface area contributed by atoms with Gasteiger partial charge in [0.15, 0.2) is 5.82 Å². The number of hydrogen-bond acceptors (Lipinski definition) is 4. The van der Waals surface area contributed by atoms with Gasteiger partial charge in [0.05, 0.1) is 10.9 Å². The topological polar surface area (TPSA) is 65.1 Å². The molecule has 0 amide bonds.